The summed E-state index contributed by atoms with van der Waals surface area (Å²) in [7, 11) is 0. The number of carbonyl (C=O) groups excluding carboxylic acids is 1. The van der Waals surface area contributed by atoms with E-state index in [4.69, 9.17) is 9.47 Å². The highest BCUT2D eigenvalue weighted by Crippen LogP contribution is 2.38. The van der Waals surface area contributed by atoms with E-state index in [-0.39, 0.29) is 17.7 Å². The van der Waals surface area contributed by atoms with Crippen molar-refractivity contribution in [2.75, 3.05) is 32.8 Å². The van der Waals surface area contributed by atoms with Crippen LogP contribution in [0.25, 0.3) is 0 Å². The Bertz CT molecular complexity index is 372. The van der Waals surface area contributed by atoms with Gasteiger partial charge in [0.1, 0.15) is 0 Å². The van der Waals surface area contributed by atoms with E-state index in [1.165, 1.54) is 12.8 Å². The van der Waals surface area contributed by atoms with E-state index in [0.717, 1.165) is 65.0 Å². The normalized spacial score (nSPS) is 29.8. The fourth-order valence-electron chi connectivity index (χ4n) is 4.14. The van der Waals surface area contributed by atoms with E-state index in [1.807, 2.05) is 0 Å². The second-order valence-corrected chi connectivity index (χ2v) is 6.94. The number of nitrogens with one attached hydrogen (secondary N) is 1. The van der Waals surface area contributed by atoms with Crippen LogP contribution in [-0.2, 0) is 14.3 Å². The van der Waals surface area contributed by atoms with E-state index >= 15 is 0 Å². The zero-order chi connectivity index (χ0) is 15.4. The van der Waals surface area contributed by atoms with E-state index in [9.17, 15) is 4.79 Å². The molecule has 2 aliphatic heterocycles. The molecule has 1 atom stereocenters. The lowest BCUT2D eigenvalue weighted by molar-refractivity contribution is -0.182. The number of likely N-dealkylation sites (N-methyl/N-ethyl adjacent to an activating group) is 1. The summed E-state index contributed by atoms with van der Waals surface area (Å²) in [4.78, 5) is 14.8. The lowest BCUT2D eigenvalue weighted by Gasteiger charge is -2.36. The summed E-state index contributed by atoms with van der Waals surface area (Å²) >= 11 is 0. The minimum absolute atomic E-state index is 0.0928. The summed E-state index contributed by atoms with van der Waals surface area (Å²) in [6, 6.07) is 0.0928. The molecule has 0 aromatic heterocycles. The van der Waals surface area contributed by atoms with Gasteiger partial charge in [-0.3, -0.25) is 9.69 Å². The van der Waals surface area contributed by atoms with Crippen LogP contribution in [0.4, 0.5) is 0 Å². The number of hydrogen-bond donors (Lipinski definition) is 1. The monoisotopic (exact) mass is 310 g/mol. The van der Waals surface area contributed by atoms with Crippen LogP contribution in [0.15, 0.2) is 0 Å². The smallest absolute Gasteiger partial charge is 0.237 e. The van der Waals surface area contributed by atoms with Crippen LogP contribution in [0.3, 0.4) is 0 Å². The standard InChI is InChI=1S/C17H30N2O3/c1-2-19-10-4-3-5-15(19)16(20)18-13-14-6-8-17(9-7-14)21-11-12-22-17/h14-15H,2-13H2,1H3,(H,18,20)/t15-/m0/s1. The summed E-state index contributed by atoms with van der Waals surface area (Å²) in [5.41, 5.74) is 0. The Labute approximate surface area is 133 Å². The van der Waals surface area contributed by atoms with Gasteiger partial charge in [0, 0.05) is 19.4 Å². The van der Waals surface area contributed by atoms with Crippen molar-refractivity contribution in [1.82, 2.24) is 10.2 Å². The molecule has 0 unspecified atom stereocenters. The van der Waals surface area contributed by atoms with Crippen molar-refractivity contribution >= 4 is 5.91 Å². The Morgan fingerprint density at radius 1 is 1.18 bits per heavy atom. The first-order valence-electron chi connectivity index (χ1n) is 9.02. The van der Waals surface area contributed by atoms with E-state index < -0.39 is 0 Å². The maximum absolute atomic E-state index is 12.5. The summed E-state index contributed by atoms with van der Waals surface area (Å²) in [5, 5.41) is 3.20. The number of carbonyl (C=O) groups is 1. The fourth-order valence-corrected chi connectivity index (χ4v) is 4.14. The molecule has 3 fully saturated rings. The molecular weight excluding hydrogens is 280 g/mol. The molecule has 0 aromatic carbocycles. The van der Waals surface area contributed by atoms with E-state index in [1.54, 1.807) is 0 Å². The van der Waals surface area contributed by atoms with Crippen molar-refractivity contribution in [3.8, 4) is 0 Å². The molecule has 126 valence electrons. The zero-order valence-electron chi connectivity index (χ0n) is 13.8. The SMILES string of the molecule is CCN1CCCC[C@H]1C(=O)NCC1CCC2(CC1)OCCO2. The topological polar surface area (TPSA) is 50.8 Å². The van der Waals surface area contributed by atoms with Gasteiger partial charge in [0.2, 0.25) is 5.91 Å². The molecule has 5 nitrogen and oxygen atoms in total. The first-order chi connectivity index (χ1) is 10.7. The Morgan fingerprint density at radius 2 is 1.91 bits per heavy atom. The van der Waals surface area contributed by atoms with Gasteiger partial charge < -0.3 is 14.8 Å². The van der Waals surface area contributed by atoms with Gasteiger partial charge in [0.25, 0.3) is 0 Å². The highest BCUT2D eigenvalue weighted by Gasteiger charge is 2.40. The third-order valence-corrected chi connectivity index (χ3v) is 5.57. The van der Waals surface area contributed by atoms with Crippen LogP contribution in [0.2, 0.25) is 0 Å². The number of hydrogen-bond acceptors (Lipinski definition) is 4. The van der Waals surface area contributed by atoms with Crippen LogP contribution >= 0.6 is 0 Å². The molecule has 0 bridgehead atoms. The largest absolute Gasteiger partial charge is 0.354 e. The van der Waals surface area contributed by atoms with E-state index in [0.29, 0.717) is 5.92 Å². The van der Waals surface area contributed by atoms with Gasteiger partial charge >= 0.3 is 0 Å². The van der Waals surface area contributed by atoms with E-state index in [2.05, 4.69) is 17.1 Å². The van der Waals surface area contributed by atoms with Crippen LogP contribution in [0.5, 0.6) is 0 Å². The summed E-state index contributed by atoms with van der Waals surface area (Å²) in [6.45, 7) is 6.45. The van der Waals surface area contributed by atoms with Crippen LogP contribution < -0.4 is 5.32 Å². The fraction of sp³-hybridized carbons (Fsp3) is 0.941. The van der Waals surface area contributed by atoms with Gasteiger partial charge in [0.05, 0.1) is 19.3 Å². The molecule has 1 N–H and O–H groups in total. The predicted octanol–water partition coefficient (Wildman–Crippen LogP) is 1.91. The molecule has 22 heavy (non-hydrogen) atoms. The van der Waals surface area contributed by atoms with Gasteiger partial charge in [-0.05, 0) is 44.7 Å². The van der Waals surface area contributed by atoms with Gasteiger partial charge in [-0.15, -0.1) is 0 Å². The number of rotatable bonds is 4. The molecule has 5 heteroatoms. The third kappa shape index (κ3) is 3.63. The van der Waals surface area contributed by atoms with Gasteiger partial charge in [-0.2, -0.15) is 0 Å². The highest BCUT2D eigenvalue weighted by molar-refractivity contribution is 5.81. The summed E-state index contributed by atoms with van der Waals surface area (Å²) in [5.74, 6) is 0.513. The number of nitrogens with zero attached hydrogens (tertiary/aromatic N) is 1. The minimum atomic E-state index is -0.289. The van der Waals surface area contributed by atoms with Crippen LogP contribution in [0, 0.1) is 5.92 Å². The number of likely N-dealkylation sites (tertiary alicyclic amines) is 1. The molecule has 2 heterocycles. The maximum Gasteiger partial charge on any atom is 0.237 e. The zero-order valence-corrected chi connectivity index (χ0v) is 13.8. The molecular formula is C17H30N2O3. The van der Waals surface area contributed by atoms with Crippen molar-refractivity contribution in [2.45, 2.75) is 63.7 Å². The summed E-state index contributed by atoms with van der Waals surface area (Å²) < 4.78 is 11.5. The number of piperidine rings is 1. The van der Waals surface area contributed by atoms with Crippen molar-refractivity contribution in [3.05, 3.63) is 0 Å². The molecule has 1 aliphatic carbocycles. The van der Waals surface area contributed by atoms with Gasteiger partial charge in [-0.25, -0.2) is 0 Å². The Morgan fingerprint density at radius 3 is 2.59 bits per heavy atom. The average molecular weight is 310 g/mol. The first-order valence-corrected chi connectivity index (χ1v) is 9.02. The second-order valence-electron chi connectivity index (χ2n) is 6.94. The number of ether oxygens (including phenoxy) is 2. The molecule has 3 aliphatic rings. The Kier molecular flexibility index (Phi) is 5.37. The molecule has 1 spiro atoms. The van der Waals surface area contributed by atoms with Crippen molar-refractivity contribution in [2.24, 2.45) is 5.92 Å². The highest BCUT2D eigenvalue weighted by atomic mass is 16.7. The maximum atomic E-state index is 12.5. The molecule has 1 saturated carbocycles. The molecule has 0 aromatic rings. The third-order valence-electron chi connectivity index (χ3n) is 5.57. The molecule has 2 saturated heterocycles. The molecule has 0 radical (unpaired) electrons. The lowest BCUT2D eigenvalue weighted by atomic mass is 9.85. The molecule has 1 amide bonds. The number of amides is 1. The first kappa shape index (κ1) is 16.2. The quantitative estimate of drug-likeness (QED) is 0.862. The van der Waals surface area contributed by atoms with Crippen LogP contribution in [-0.4, -0.2) is 55.5 Å². The second kappa shape index (κ2) is 7.28. The Hall–Kier alpha value is -0.650. The predicted molar refractivity (Wildman–Crippen MR) is 84.5 cm³/mol. The average Bonchev–Trinajstić information content (AvgIpc) is 3.02. The van der Waals surface area contributed by atoms with Gasteiger partial charge in [0.15, 0.2) is 5.79 Å². The van der Waals surface area contributed by atoms with Crippen LogP contribution in [0.1, 0.15) is 51.9 Å². The van der Waals surface area contributed by atoms with Crippen molar-refractivity contribution in [3.63, 3.8) is 0 Å². The van der Waals surface area contributed by atoms with Gasteiger partial charge in [-0.1, -0.05) is 13.3 Å². The van der Waals surface area contributed by atoms with Crippen molar-refractivity contribution in [1.29, 1.82) is 0 Å². The Balaban J connectivity index is 1.41. The minimum Gasteiger partial charge on any atom is -0.354 e. The molecule has 3 rings (SSSR count). The summed E-state index contributed by atoms with van der Waals surface area (Å²) in [6.07, 6.45) is 7.52. The van der Waals surface area contributed by atoms with Crippen molar-refractivity contribution < 1.29 is 14.3 Å². The lowest BCUT2D eigenvalue weighted by Crippen LogP contribution is -2.50.